The molecule has 1 aromatic heterocycles. The number of H-pyrrole nitrogens is 1. The van der Waals surface area contributed by atoms with Gasteiger partial charge in [-0.2, -0.15) is 0 Å². The molecule has 0 aliphatic carbocycles. The summed E-state index contributed by atoms with van der Waals surface area (Å²) in [5.74, 6) is 2.31. The molecule has 0 spiro atoms. The fourth-order valence-corrected chi connectivity index (χ4v) is 2.12. The van der Waals surface area contributed by atoms with E-state index in [9.17, 15) is 0 Å². The first-order valence-corrected chi connectivity index (χ1v) is 6.50. The summed E-state index contributed by atoms with van der Waals surface area (Å²) in [6.07, 6.45) is 0. The van der Waals surface area contributed by atoms with Crippen LogP contribution in [0.4, 0.5) is 0 Å². The van der Waals surface area contributed by atoms with Crippen molar-refractivity contribution in [1.29, 1.82) is 0 Å². The summed E-state index contributed by atoms with van der Waals surface area (Å²) in [6, 6.07) is 3.69. The van der Waals surface area contributed by atoms with E-state index in [0.717, 1.165) is 28.4 Å². The van der Waals surface area contributed by atoms with Gasteiger partial charge in [-0.05, 0) is 5.41 Å². The molecule has 0 amide bonds. The van der Waals surface area contributed by atoms with Crippen LogP contribution in [0.5, 0.6) is 11.5 Å². The van der Waals surface area contributed by atoms with Gasteiger partial charge in [0, 0.05) is 12.1 Å². The van der Waals surface area contributed by atoms with E-state index in [2.05, 4.69) is 30.7 Å². The highest BCUT2D eigenvalue weighted by Crippen LogP contribution is 2.35. The minimum absolute atomic E-state index is 0.0412. The molecule has 2 aromatic rings. The Hall–Kier alpha value is -1.75. The molecule has 1 aromatic carbocycles. The van der Waals surface area contributed by atoms with Gasteiger partial charge >= 0.3 is 0 Å². The fourth-order valence-electron chi connectivity index (χ4n) is 2.12. The molecule has 19 heavy (non-hydrogen) atoms. The lowest BCUT2D eigenvalue weighted by molar-refractivity contribution is 0.172. The molecule has 5 heteroatoms. The molecule has 0 bridgehead atoms. The maximum atomic E-state index is 6.23. The number of hydrogen-bond donors (Lipinski definition) is 2. The van der Waals surface area contributed by atoms with Gasteiger partial charge in [-0.25, -0.2) is 4.98 Å². The summed E-state index contributed by atoms with van der Waals surface area (Å²) < 4.78 is 11.1. The molecule has 0 fully saturated rings. The van der Waals surface area contributed by atoms with Crippen molar-refractivity contribution >= 4 is 11.0 Å². The van der Waals surface area contributed by atoms with E-state index in [1.807, 2.05) is 12.1 Å². The third kappa shape index (κ3) is 2.14. The SMILES string of the molecule is CC(C)(C)C(N)c1nc2cc3c(cc2[nH]1)OCCO3. The third-order valence-corrected chi connectivity index (χ3v) is 3.39. The molecule has 0 saturated carbocycles. The minimum atomic E-state index is -0.140. The van der Waals surface area contributed by atoms with E-state index < -0.39 is 0 Å². The lowest BCUT2D eigenvalue weighted by Gasteiger charge is -2.24. The van der Waals surface area contributed by atoms with Gasteiger partial charge < -0.3 is 20.2 Å². The predicted octanol–water partition coefficient (Wildman–Crippen LogP) is 2.38. The highest BCUT2D eigenvalue weighted by molar-refractivity contribution is 5.80. The quantitative estimate of drug-likeness (QED) is 0.826. The number of hydrogen-bond acceptors (Lipinski definition) is 4. The molecule has 2 heterocycles. The van der Waals surface area contributed by atoms with Gasteiger partial charge in [-0.3, -0.25) is 0 Å². The van der Waals surface area contributed by atoms with Crippen LogP contribution in [0.25, 0.3) is 11.0 Å². The Labute approximate surface area is 112 Å². The zero-order valence-corrected chi connectivity index (χ0v) is 11.5. The average molecular weight is 261 g/mol. The first-order valence-electron chi connectivity index (χ1n) is 6.50. The summed E-state index contributed by atoms with van der Waals surface area (Å²) >= 11 is 0. The number of nitrogens with one attached hydrogen (secondary N) is 1. The largest absolute Gasteiger partial charge is 0.486 e. The number of ether oxygens (including phenoxy) is 2. The van der Waals surface area contributed by atoms with Crippen molar-refractivity contribution < 1.29 is 9.47 Å². The minimum Gasteiger partial charge on any atom is -0.486 e. The van der Waals surface area contributed by atoms with Crippen LogP contribution in [0, 0.1) is 5.41 Å². The standard InChI is InChI=1S/C14H19N3O2/c1-14(2,3)12(15)13-16-8-6-10-11(7-9(8)17-13)19-5-4-18-10/h6-7,12H,4-5,15H2,1-3H3,(H,16,17). The topological polar surface area (TPSA) is 73.2 Å². The van der Waals surface area contributed by atoms with Gasteiger partial charge in [0.15, 0.2) is 11.5 Å². The summed E-state index contributed by atoms with van der Waals surface area (Å²) in [6.45, 7) is 7.46. The number of aromatic amines is 1. The lowest BCUT2D eigenvalue weighted by Crippen LogP contribution is -2.27. The van der Waals surface area contributed by atoms with Gasteiger partial charge in [0.2, 0.25) is 0 Å². The van der Waals surface area contributed by atoms with Gasteiger partial charge in [0.25, 0.3) is 0 Å². The Morgan fingerprint density at radius 1 is 1.21 bits per heavy atom. The van der Waals surface area contributed by atoms with E-state index in [0.29, 0.717) is 13.2 Å². The number of nitrogens with zero attached hydrogens (tertiary/aromatic N) is 1. The van der Waals surface area contributed by atoms with Gasteiger partial charge in [0.05, 0.1) is 17.1 Å². The van der Waals surface area contributed by atoms with Gasteiger partial charge in [0.1, 0.15) is 19.0 Å². The van der Waals surface area contributed by atoms with Crippen LogP contribution < -0.4 is 15.2 Å². The predicted molar refractivity (Wildman–Crippen MR) is 73.5 cm³/mol. The molecule has 0 saturated heterocycles. The van der Waals surface area contributed by atoms with Crippen molar-refractivity contribution in [2.24, 2.45) is 11.1 Å². The highest BCUT2D eigenvalue weighted by Gasteiger charge is 2.25. The van der Waals surface area contributed by atoms with E-state index in [1.54, 1.807) is 0 Å². The Morgan fingerprint density at radius 2 is 1.84 bits per heavy atom. The van der Waals surface area contributed by atoms with Crippen LogP contribution in [0.15, 0.2) is 12.1 Å². The number of rotatable bonds is 1. The molecular formula is C14H19N3O2. The number of fused-ring (bicyclic) bond motifs is 2. The molecule has 1 unspecified atom stereocenters. The summed E-state index contributed by atoms with van der Waals surface area (Å²) in [7, 11) is 0. The molecule has 102 valence electrons. The number of imidazole rings is 1. The average Bonchev–Trinajstić information content (AvgIpc) is 2.76. The first kappa shape index (κ1) is 12.3. The van der Waals surface area contributed by atoms with Crippen LogP contribution in [0.1, 0.15) is 32.6 Å². The normalized spacial score (nSPS) is 16.6. The fraction of sp³-hybridized carbons (Fsp3) is 0.500. The van der Waals surface area contributed by atoms with Crippen LogP contribution in [-0.2, 0) is 0 Å². The van der Waals surface area contributed by atoms with Gasteiger partial charge in [-0.1, -0.05) is 20.8 Å². The van der Waals surface area contributed by atoms with Crippen molar-refractivity contribution in [3.63, 3.8) is 0 Å². The smallest absolute Gasteiger partial charge is 0.163 e. The lowest BCUT2D eigenvalue weighted by atomic mass is 9.87. The summed E-state index contributed by atoms with van der Waals surface area (Å²) in [5.41, 5.74) is 7.98. The molecule has 3 N–H and O–H groups in total. The molecule has 1 atom stereocenters. The highest BCUT2D eigenvalue weighted by atomic mass is 16.6. The Balaban J connectivity index is 2.06. The number of nitrogens with two attached hydrogens (primary N) is 1. The first-order chi connectivity index (χ1) is 8.95. The maximum absolute atomic E-state index is 6.23. The second kappa shape index (κ2) is 4.13. The molecule has 5 nitrogen and oxygen atoms in total. The van der Waals surface area contributed by atoms with Crippen LogP contribution >= 0.6 is 0 Å². The zero-order valence-electron chi connectivity index (χ0n) is 11.5. The van der Waals surface area contributed by atoms with E-state index in [4.69, 9.17) is 15.2 Å². The molecular weight excluding hydrogens is 242 g/mol. The van der Waals surface area contributed by atoms with Crippen LogP contribution in [0.2, 0.25) is 0 Å². The van der Waals surface area contributed by atoms with Crippen molar-refractivity contribution in [3.8, 4) is 11.5 Å². The molecule has 1 aliphatic heterocycles. The second-order valence-corrected chi connectivity index (χ2v) is 5.98. The van der Waals surface area contributed by atoms with Crippen molar-refractivity contribution in [3.05, 3.63) is 18.0 Å². The second-order valence-electron chi connectivity index (χ2n) is 5.98. The third-order valence-electron chi connectivity index (χ3n) is 3.39. The Morgan fingerprint density at radius 3 is 2.47 bits per heavy atom. The van der Waals surface area contributed by atoms with Crippen molar-refractivity contribution in [2.45, 2.75) is 26.8 Å². The summed E-state index contributed by atoms with van der Waals surface area (Å²) in [5, 5.41) is 0. The van der Waals surface area contributed by atoms with E-state index in [1.165, 1.54) is 0 Å². The van der Waals surface area contributed by atoms with Crippen molar-refractivity contribution in [1.82, 2.24) is 9.97 Å². The molecule has 0 radical (unpaired) electrons. The monoisotopic (exact) mass is 261 g/mol. The Kier molecular flexibility index (Phi) is 2.67. The number of aromatic nitrogens is 2. The van der Waals surface area contributed by atoms with Crippen LogP contribution in [0.3, 0.4) is 0 Å². The molecule has 1 aliphatic rings. The summed E-state index contributed by atoms with van der Waals surface area (Å²) in [4.78, 5) is 7.85. The van der Waals surface area contributed by atoms with E-state index >= 15 is 0 Å². The van der Waals surface area contributed by atoms with E-state index in [-0.39, 0.29) is 11.5 Å². The van der Waals surface area contributed by atoms with Crippen molar-refractivity contribution in [2.75, 3.05) is 13.2 Å². The number of benzene rings is 1. The zero-order chi connectivity index (χ0) is 13.6. The maximum Gasteiger partial charge on any atom is 0.163 e. The Bertz CT molecular complexity index is 570. The van der Waals surface area contributed by atoms with Gasteiger partial charge in [-0.15, -0.1) is 0 Å². The molecule has 3 rings (SSSR count). The van der Waals surface area contributed by atoms with Crippen LogP contribution in [-0.4, -0.2) is 23.2 Å².